The predicted octanol–water partition coefficient (Wildman–Crippen LogP) is 1.37. The molecule has 0 saturated carbocycles. The van der Waals surface area contributed by atoms with E-state index in [1.807, 2.05) is 0 Å². The van der Waals surface area contributed by atoms with Gasteiger partial charge in [-0.2, -0.15) is 0 Å². The second-order valence-electron chi connectivity index (χ2n) is 6.12. The van der Waals surface area contributed by atoms with E-state index in [0.717, 1.165) is 19.5 Å². The molecule has 0 radical (unpaired) electrons. The summed E-state index contributed by atoms with van der Waals surface area (Å²) in [5.74, 6) is -1.00. The van der Waals surface area contributed by atoms with Gasteiger partial charge in [-0.25, -0.2) is 4.39 Å². The number of hydrogen-bond acceptors (Lipinski definition) is 3. The summed E-state index contributed by atoms with van der Waals surface area (Å²) in [4.78, 5) is 24.4. The largest absolute Gasteiger partial charge is 0.351 e. The van der Waals surface area contributed by atoms with Crippen molar-refractivity contribution in [1.29, 1.82) is 0 Å². The van der Waals surface area contributed by atoms with Crippen molar-refractivity contribution in [3.8, 4) is 0 Å². The summed E-state index contributed by atoms with van der Waals surface area (Å²) in [5.41, 5.74) is 1.07. The molecule has 1 aromatic carbocycles. The number of fused-ring (bicyclic) bond motifs is 1. The van der Waals surface area contributed by atoms with Crippen molar-refractivity contribution in [2.45, 2.75) is 31.7 Å². The van der Waals surface area contributed by atoms with Crippen LogP contribution >= 0.6 is 0 Å². The molecule has 1 saturated heterocycles. The van der Waals surface area contributed by atoms with Crippen LogP contribution in [-0.2, 0) is 9.59 Å². The Kier molecular flexibility index (Phi) is 4.11. The first kappa shape index (κ1) is 15.0. The van der Waals surface area contributed by atoms with Crippen LogP contribution in [0.1, 0.15) is 31.2 Å². The zero-order valence-electron chi connectivity index (χ0n) is 12.5. The Hall–Kier alpha value is -1.95. The van der Waals surface area contributed by atoms with E-state index in [-0.39, 0.29) is 24.3 Å². The minimum atomic E-state index is -0.557. The normalized spacial score (nSPS) is 27.7. The smallest absolute Gasteiger partial charge is 0.228 e. The first-order valence-corrected chi connectivity index (χ1v) is 7.65. The summed E-state index contributed by atoms with van der Waals surface area (Å²) >= 11 is 0. The summed E-state index contributed by atoms with van der Waals surface area (Å²) in [6.07, 6.45) is 1.11. The van der Waals surface area contributed by atoms with Crippen LogP contribution in [0.15, 0.2) is 18.2 Å². The SMILES string of the molecule is CC1CCNCC1NC(=O)C1CC(=O)Nc2cc(F)ccc21. The highest BCUT2D eigenvalue weighted by molar-refractivity contribution is 6.01. The molecule has 0 spiro atoms. The molecule has 118 valence electrons. The van der Waals surface area contributed by atoms with Crippen molar-refractivity contribution in [1.82, 2.24) is 10.6 Å². The Labute approximate surface area is 128 Å². The van der Waals surface area contributed by atoms with Gasteiger partial charge in [-0.15, -0.1) is 0 Å². The lowest BCUT2D eigenvalue weighted by Gasteiger charge is -2.32. The van der Waals surface area contributed by atoms with E-state index in [1.54, 1.807) is 6.07 Å². The lowest BCUT2D eigenvalue weighted by molar-refractivity contribution is -0.127. The van der Waals surface area contributed by atoms with Gasteiger partial charge < -0.3 is 16.0 Å². The van der Waals surface area contributed by atoms with E-state index in [4.69, 9.17) is 0 Å². The average Bonchev–Trinajstić information content (AvgIpc) is 2.48. The molecule has 0 aliphatic carbocycles. The maximum absolute atomic E-state index is 13.3. The Balaban J connectivity index is 1.79. The Morgan fingerprint density at radius 1 is 1.41 bits per heavy atom. The van der Waals surface area contributed by atoms with Crippen LogP contribution in [0.4, 0.5) is 10.1 Å². The van der Waals surface area contributed by atoms with Gasteiger partial charge in [-0.1, -0.05) is 13.0 Å². The molecular formula is C16H20FN3O2. The van der Waals surface area contributed by atoms with Crippen LogP contribution in [0.3, 0.4) is 0 Å². The molecule has 1 aromatic rings. The third-order valence-electron chi connectivity index (χ3n) is 4.53. The number of anilines is 1. The number of rotatable bonds is 2. The molecule has 1 fully saturated rings. The monoisotopic (exact) mass is 305 g/mol. The number of piperidine rings is 1. The molecule has 3 unspecified atom stereocenters. The van der Waals surface area contributed by atoms with Crippen LogP contribution in [0.2, 0.25) is 0 Å². The highest BCUT2D eigenvalue weighted by Crippen LogP contribution is 2.33. The van der Waals surface area contributed by atoms with Crippen molar-refractivity contribution >= 4 is 17.5 Å². The fraction of sp³-hybridized carbons (Fsp3) is 0.500. The van der Waals surface area contributed by atoms with Crippen molar-refractivity contribution in [3.63, 3.8) is 0 Å². The van der Waals surface area contributed by atoms with Gasteiger partial charge in [0.2, 0.25) is 11.8 Å². The highest BCUT2D eigenvalue weighted by Gasteiger charge is 2.33. The summed E-state index contributed by atoms with van der Waals surface area (Å²) in [5, 5.41) is 8.93. The molecule has 3 rings (SSSR count). The zero-order chi connectivity index (χ0) is 15.7. The van der Waals surface area contributed by atoms with Gasteiger partial charge >= 0.3 is 0 Å². The minimum Gasteiger partial charge on any atom is -0.351 e. The van der Waals surface area contributed by atoms with Crippen LogP contribution in [0.5, 0.6) is 0 Å². The quantitative estimate of drug-likeness (QED) is 0.773. The molecule has 2 heterocycles. The van der Waals surface area contributed by atoms with Crippen LogP contribution in [0, 0.1) is 11.7 Å². The molecule has 3 N–H and O–H groups in total. The Morgan fingerprint density at radius 2 is 2.23 bits per heavy atom. The number of carbonyl (C=O) groups is 2. The van der Waals surface area contributed by atoms with E-state index in [1.165, 1.54) is 12.1 Å². The molecule has 3 atom stereocenters. The molecule has 2 aliphatic rings. The maximum Gasteiger partial charge on any atom is 0.228 e. The van der Waals surface area contributed by atoms with Crippen molar-refractivity contribution in [2.24, 2.45) is 5.92 Å². The number of nitrogens with one attached hydrogen (secondary N) is 3. The molecule has 0 aromatic heterocycles. The number of carbonyl (C=O) groups excluding carboxylic acids is 2. The molecule has 0 bridgehead atoms. The van der Waals surface area contributed by atoms with Gasteiger partial charge in [0.05, 0.1) is 5.92 Å². The van der Waals surface area contributed by atoms with Gasteiger partial charge in [0.25, 0.3) is 0 Å². The summed E-state index contributed by atoms with van der Waals surface area (Å²) in [6.45, 7) is 3.81. The van der Waals surface area contributed by atoms with Crippen LogP contribution in [0.25, 0.3) is 0 Å². The van der Waals surface area contributed by atoms with Gasteiger partial charge in [-0.05, 0) is 36.6 Å². The van der Waals surface area contributed by atoms with Crippen molar-refractivity contribution < 1.29 is 14.0 Å². The number of hydrogen-bond donors (Lipinski definition) is 3. The van der Waals surface area contributed by atoms with E-state index in [9.17, 15) is 14.0 Å². The minimum absolute atomic E-state index is 0.0649. The van der Waals surface area contributed by atoms with E-state index < -0.39 is 11.7 Å². The Morgan fingerprint density at radius 3 is 3.00 bits per heavy atom. The summed E-state index contributed by atoms with van der Waals surface area (Å²) in [7, 11) is 0. The second-order valence-corrected chi connectivity index (χ2v) is 6.12. The molecule has 2 aliphatic heterocycles. The molecule has 2 amide bonds. The van der Waals surface area contributed by atoms with E-state index in [2.05, 4.69) is 22.9 Å². The number of amides is 2. The summed E-state index contributed by atoms with van der Waals surface area (Å²) < 4.78 is 13.3. The first-order valence-electron chi connectivity index (χ1n) is 7.65. The van der Waals surface area contributed by atoms with E-state index in [0.29, 0.717) is 17.2 Å². The maximum atomic E-state index is 13.3. The average molecular weight is 305 g/mol. The third-order valence-corrected chi connectivity index (χ3v) is 4.53. The molecular weight excluding hydrogens is 285 g/mol. The lowest BCUT2D eigenvalue weighted by Crippen LogP contribution is -2.51. The van der Waals surface area contributed by atoms with Crippen molar-refractivity contribution in [3.05, 3.63) is 29.6 Å². The first-order chi connectivity index (χ1) is 10.5. The second kappa shape index (κ2) is 6.04. The standard InChI is InChI=1S/C16H20FN3O2/c1-9-4-5-18-8-14(9)20-16(22)12-7-15(21)19-13-6-10(17)2-3-11(12)13/h2-3,6,9,12,14,18H,4-5,7-8H2,1H3,(H,19,21)(H,20,22). The molecule has 5 nitrogen and oxygen atoms in total. The van der Waals surface area contributed by atoms with E-state index >= 15 is 0 Å². The molecule has 22 heavy (non-hydrogen) atoms. The predicted molar refractivity (Wildman–Crippen MR) is 81.0 cm³/mol. The van der Waals surface area contributed by atoms with Gasteiger partial charge in [0.1, 0.15) is 5.82 Å². The highest BCUT2D eigenvalue weighted by atomic mass is 19.1. The lowest BCUT2D eigenvalue weighted by atomic mass is 9.88. The number of benzene rings is 1. The topological polar surface area (TPSA) is 70.2 Å². The van der Waals surface area contributed by atoms with Gasteiger partial charge in [0, 0.05) is 24.7 Å². The number of halogens is 1. The van der Waals surface area contributed by atoms with Gasteiger partial charge in [0.15, 0.2) is 0 Å². The Bertz CT molecular complexity index is 605. The fourth-order valence-corrected chi connectivity index (χ4v) is 3.14. The third kappa shape index (κ3) is 2.97. The van der Waals surface area contributed by atoms with Crippen LogP contribution in [-0.4, -0.2) is 30.9 Å². The zero-order valence-corrected chi connectivity index (χ0v) is 12.5. The fourth-order valence-electron chi connectivity index (χ4n) is 3.14. The summed E-state index contributed by atoms with van der Waals surface area (Å²) in [6, 6.07) is 4.23. The molecule has 6 heteroatoms. The van der Waals surface area contributed by atoms with Crippen molar-refractivity contribution in [2.75, 3.05) is 18.4 Å². The van der Waals surface area contributed by atoms with Crippen LogP contribution < -0.4 is 16.0 Å². The van der Waals surface area contributed by atoms with Gasteiger partial charge in [-0.3, -0.25) is 9.59 Å².